The van der Waals surface area contributed by atoms with Crippen LogP contribution >= 0.6 is 0 Å². The van der Waals surface area contributed by atoms with Gasteiger partial charge in [0, 0.05) is 18.6 Å². The second kappa shape index (κ2) is 6.03. The van der Waals surface area contributed by atoms with Crippen LogP contribution in [0.3, 0.4) is 0 Å². The highest BCUT2D eigenvalue weighted by Gasteiger charge is 2.18. The summed E-state index contributed by atoms with van der Waals surface area (Å²) in [5.74, 6) is 0. The number of rotatable bonds is 5. The van der Waals surface area contributed by atoms with E-state index in [2.05, 4.69) is 40.1 Å². The van der Waals surface area contributed by atoms with Crippen LogP contribution in [0.15, 0.2) is 23.0 Å². The summed E-state index contributed by atoms with van der Waals surface area (Å²) in [5.41, 5.74) is 2.79. The molecule has 1 aliphatic heterocycles. The fraction of sp³-hybridized carbons (Fsp3) is 0.562. The molecule has 114 valence electrons. The molecule has 1 saturated heterocycles. The van der Waals surface area contributed by atoms with Gasteiger partial charge in [-0.3, -0.25) is 4.90 Å². The van der Waals surface area contributed by atoms with Crippen molar-refractivity contribution in [1.29, 1.82) is 0 Å². The maximum absolute atomic E-state index is 11.3. The molecular weight excluding hydrogens is 264 g/mol. The van der Waals surface area contributed by atoms with E-state index in [0.717, 1.165) is 17.6 Å². The molecule has 0 amide bonds. The highest BCUT2D eigenvalue weighted by atomic mass is 16.1. The lowest BCUT2D eigenvalue weighted by Gasteiger charge is -2.26. The molecule has 1 aliphatic rings. The first-order chi connectivity index (χ1) is 10.1. The Morgan fingerprint density at radius 3 is 2.67 bits per heavy atom. The second-order valence-electron chi connectivity index (χ2n) is 6.11. The third kappa shape index (κ3) is 3.19. The zero-order chi connectivity index (χ0) is 14.8. The quantitative estimate of drug-likeness (QED) is 0.788. The van der Waals surface area contributed by atoms with E-state index in [9.17, 15) is 4.79 Å². The lowest BCUT2D eigenvalue weighted by atomic mass is 10.1. The standard InChI is InChI=1S/C16H24N4O/c1-11(20-7-3-4-8-20)10-17-12(2)13-5-6-14-15(9-13)19-16(21)18-14/h5-6,9,11-12,17H,3-4,7-8,10H2,1-2H3,(H2,18,19,21). The Morgan fingerprint density at radius 2 is 1.90 bits per heavy atom. The van der Waals surface area contributed by atoms with E-state index >= 15 is 0 Å². The number of fused-ring (bicyclic) bond motifs is 1. The van der Waals surface area contributed by atoms with Gasteiger partial charge in [-0.05, 0) is 57.5 Å². The summed E-state index contributed by atoms with van der Waals surface area (Å²) in [6.07, 6.45) is 2.66. The van der Waals surface area contributed by atoms with Crippen molar-refractivity contribution >= 4 is 11.0 Å². The molecule has 2 aromatic rings. The van der Waals surface area contributed by atoms with Gasteiger partial charge >= 0.3 is 5.69 Å². The van der Waals surface area contributed by atoms with E-state index in [0.29, 0.717) is 6.04 Å². The number of imidazole rings is 1. The summed E-state index contributed by atoms with van der Waals surface area (Å²) >= 11 is 0. The third-order valence-corrected chi connectivity index (χ3v) is 4.52. The molecule has 2 atom stereocenters. The van der Waals surface area contributed by atoms with Gasteiger partial charge in [-0.1, -0.05) is 6.07 Å². The molecule has 0 saturated carbocycles. The third-order valence-electron chi connectivity index (χ3n) is 4.52. The molecule has 3 rings (SSSR count). The van der Waals surface area contributed by atoms with Gasteiger partial charge in [-0.15, -0.1) is 0 Å². The summed E-state index contributed by atoms with van der Waals surface area (Å²) in [6.45, 7) is 7.91. The van der Waals surface area contributed by atoms with Gasteiger partial charge in [-0.25, -0.2) is 4.79 Å². The first-order valence-electron chi connectivity index (χ1n) is 7.83. The Balaban J connectivity index is 1.63. The van der Waals surface area contributed by atoms with Crippen molar-refractivity contribution in [3.8, 4) is 0 Å². The highest BCUT2D eigenvalue weighted by molar-refractivity contribution is 5.75. The smallest absolute Gasteiger partial charge is 0.309 e. The van der Waals surface area contributed by atoms with Gasteiger partial charge < -0.3 is 15.3 Å². The summed E-state index contributed by atoms with van der Waals surface area (Å²) in [6, 6.07) is 6.93. The van der Waals surface area contributed by atoms with Gasteiger partial charge in [0.25, 0.3) is 0 Å². The minimum Gasteiger partial charge on any atom is -0.309 e. The van der Waals surface area contributed by atoms with Crippen molar-refractivity contribution in [3.05, 3.63) is 34.2 Å². The maximum atomic E-state index is 11.3. The van der Waals surface area contributed by atoms with Crippen LogP contribution in [0, 0.1) is 0 Å². The molecule has 21 heavy (non-hydrogen) atoms. The summed E-state index contributed by atoms with van der Waals surface area (Å²) < 4.78 is 0. The van der Waals surface area contributed by atoms with Crippen LogP contribution in [0.4, 0.5) is 0 Å². The molecule has 2 heterocycles. The van der Waals surface area contributed by atoms with Gasteiger partial charge in [0.1, 0.15) is 0 Å². The number of likely N-dealkylation sites (tertiary alicyclic amines) is 1. The average Bonchev–Trinajstić information content (AvgIpc) is 3.11. The lowest BCUT2D eigenvalue weighted by Crippen LogP contribution is -2.39. The summed E-state index contributed by atoms with van der Waals surface area (Å²) in [5, 5.41) is 3.60. The SMILES string of the molecule is CC(NCC(C)N1CCCC1)c1ccc2[nH]c(=O)[nH]c2c1. The van der Waals surface area contributed by atoms with Crippen molar-refractivity contribution in [2.24, 2.45) is 0 Å². The van der Waals surface area contributed by atoms with Crippen molar-refractivity contribution < 1.29 is 0 Å². The van der Waals surface area contributed by atoms with Gasteiger partial charge in [-0.2, -0.15) is 0 Å². The lowest BCUT2D eigenvalue weighted by molar-refractivity contribution is 0.247. The van der Waals surface area contributed by atoms with Crippen LogP contribution < -0.4 is 11.0 Å². The molecule has 3 N–H and O–H groups in total. The number of nitrogens with zero attached hydrogens (tertiary/aromatic N) is 1. The van der Waals surface area contributed by atoms with E-state index in [1.54, 1.807) is 0 Å². The van der Waals surface area contributed by atoms with Crippen LogP contribution in [-0.4, -0.2) is 40.5 Å². The first kappa shape index (κ1) is 14.4. The fourth-order valence-corrected chi connectivity index (χ4v) is 3.10. The van der Waals surface area contributed by atoms with Gasteiger partial charge in [0.05, 0.1) is 11.0 Å². The van der Waals surface area contributed by atoms with Crippen molar-refractivity contribution in [2.45, 2.75) is 38.8 Å². The van der Waals surface area contributed by atoms with E-state index in [1.807, 2.05) is 12.1 Å². The Hall–Kier alpha value is -1.59. The average molecular weight is 288 g/mol. The van der Waals surface area contributed by atoms with Gasteiger partial charge in [0.2, 0.25) is 0 Å². The van der Waals surface area contributed by atoms with Crippen LogP contribution in [0.1, 0.15) is 38.3 Å². The van der Waals surface area contributed by atoms with Crippen molar-refractivity contribution in [3.63, 3.8) is 0 Å². The largest absolute Gasteiger partial charge is 0.323 e. The predicted molar refractivity (Wildman–Crippen MR) is 85.6 cm³/mol. The van der Waals surface area contributed by atoms with Crippen LogP contribution in [0.25, 0.3) is 11.0 Å². The number of aromatic amines is 2. The molecule has 0 spiro atoms. The summed E-state index contributed by atoms with van der Waals surface area (Å²) in [7, 11) is 0. The second-order valence-corrected chi connectivity index (χ2v) is 6.11. The molecular formula is C16H24N4O. The number of hydrogen-bond acceptors (Lipinski definition) is 3. The van der Waals surface area contributed by atoms with Crippen LogP contribution in [-0.2, 0) is 0 Å². The van der Waals surface area contributed by atoms with Crippen LogP contribution in [0.5, 0.6) is 0 Å². The van der Waals surface area contributed by atoms with Crippen molar-refractivity contribution in [1.82, 2.24) is 20.2 Å². The zero-order valence-electron chi connectivity index (χ0n) is 12.8. The Kier molecular flexibility index (Phi) is 4.12. The van der Waals surface area contributed by atoms with E-state index in [4.69, 9.17) is 0 Å². The minimum absolute atomic E-state index is 0.148. The zero-order valence-corrected chi connectivity index (χ0v) is 12.8. The molecule has 5 nitrogen and oxygen atoms in total. The Bertz CT molecular complexity index is 654. The van der Waals surface area contributed by atoms with E-state index < -0.39 is 0 Å². The summed E-state index contributed by atoms with van der Waals surface area (Å²) in [4.78, 5) is 19.4. The normalized spacial score (nSPS) is 19.1. The number of nitrogens with one attached hydrogen (secondary N) is 3. The van der Waals surface area contributed by atoms with Crippen LogP contribution in [0.2, 0.25) is 0 Å². The number of H-pyrrole nitrogens is 2. The van der Waals surface area contributed by atoms with E-state index in [1.165, 1.54) is 31.5 Å². The Morgan fingerprint density at radius 1 is 1.19 bits per heavy atom. The molecule has 2 unspecified atom stereocenters. The van der Waals surface area contributed by atoms with Crippen molar-refractivity contribution in [2.75, 3.05) is 19.6 Å². The number of benzene rings is 1. The fourth-order valence-electron chi connectivity index (χ4n) is 3.10. The number of aromatic nitrogens is 2. The molecule has 1 fully saturated rings. The maximum Gasteiger partial charge on any atom is 0.323 e. The molecule has 0 bridgehead atoms. The molecule has 0 aliphatic carbocycles. The minimum atomic E-state index is -0.148. The van der Waals surface area contributed by atoms with Gasteiger partial charge in [0.15, 0.2) is 0 Å². The first-order valence-corrected chi connectivity index (χ1v) is 7.83. The Labute approximate surface area is 124 Å². The number of hydrogen-bond donors (Lipinski definition) is 3. The molecule has 5 heteroatoms. The molecule has 1 aromatic carbocycles. The topological polar surface area (TPSA) is 63.9 Å². The molecule has 1 aromatic heterocycles. The highest BCUT2D eigenvalue weighted by Crippen LogP contribution is 2.17. The monoisotopic (exact) mass is 288 g/mol. The molecule has 0 radical (unpaired) electrons. The predicted octanol–water partition coefficient (Wildman–Crippen LogP) is 1.99. The van der Waals surface area contributed by atoms with E-state index in [-0.39, 0.29) is 11.7 Å².